The Morgan fingerprint density at radius 1 is 1.15 bits per heavy atom. The number of imide groups is 1. The Kier molecular flexibility index (Phi) is 7.43. The van der Waals surface area contributed by atoms with E-state index in [1.54, 1.807) is 12.1 Å². The lowest BCUT2D eigenvalue weighted by molar-refractivity contribution is -0.115. The number of carbonyl (C=O) groups excluding carboxylic acids is 3. The number of ether oxygens (including phenoxy) is 1. The van der Waals surface area contributed by atoms with Crippen LogP contribution in [0.25, 0.3) is 6.08 Å². The van der Waals surface area contributed by atoms with Gasteiger partial charge in [-0.2, -0.15) is 4.98 Å². The number of likely N-dealkylation sites (N-methyl/N-ethyl adjacent to an activating group) is 1. The van der Waals surface area contributed by atoms with Crippen molar-refractivity contribution in [2.75, 3.05) is 58.3 Å². The van der Waals surface area contributed by atoms with Gasteiger partial charge in [-0.15, -0.1) is 0 Å². The van der Waals surface area contributed by atoms with Crippen LogP contribution in [-0.2, 0) is 4.79 Å². The van der Waals surface area contributed by atoms with Gasteiger partial charge in [-0.1, -0.05) is 18.2 Å². The van der Waals surface area contributed by atoms with E-state index in [-0.39, 0.29) is 10.8 Å². The van der Waals surface area contributed by atoms with Crippen LogP contribution in [0.15, 0.2) is 41.3 Å². The SMILES string of the molecule is CN(C)CCOc1cc(/C=C2/SC(=O)NC2=O)nc(N2CCN(C(=O)c3ccccc3)CC2)n1. The van der Waals surface area contributed by atoms with Crippen LogP contribution in [-0.4, -0.2) is 90.2 Å². The summed E-state index contributed by atoms with van der Waals surface area (Å²) in [5.74, 6) is 0.395. The number of piperazine rings is 1. The number of anilines is 1. The maximum absolute atomic E-state index is 12.8. The van der Waals surface area contributed by atoms with Gasteiger partial charge in [-0.3, -0.25) is 19.7 Å². The zero-order valence-corrected chi connectivity index (χ0v) is 19.9. The smallest absolute Gasteiger partial charge is 0.290 e. The molecule has 0 unspecified atom stereocenters. The zero-order chi connectivity index (χ0) is 24.1. The van der Waals surface area contributed by atoms with E-state index in [0.29, 0.717) is 62.4 Å². The number of rotatable bonds is 7. The van der Waals surface area contributed by atoms with Crippen LogP contribution in [0.1, 0.15) is 16.1 Å². The number of hydrogen-bond donors (Lipinski definition) is 1. The summed E-state index contributed by atoms with van der Waals surface area (Å²) in [5, 5.41) is 1.83. The third-order valence-corrected chi connectivity index (χ3v) is 6.10. The van der Waals surface area contributed by atoms with Crippen molar-refractivity contribution < 1.29 is 19.1 Å². The van der Waals surface area contributed by atoms with Crippen LogP contribution in [0.4, 0.5) is 10.7 Å². The fourth-order valence-electron chi connectivity index (χ4n) is 3.48. The van der Waals surface area contributed by atoms with E-state index in [9.17, 15) is 14.4 Å². The summed E-state index contributed by atoms with van der Waals surface area (Å²) in [7, 11) is 3.90. The highest BCUT2D eigenvalue weighted by Crippen LogP contribution is 2.27. The number of nitrogens with zero attached hydrogens (tertiary/aromatic N) is 5. The molecule has 11 heteroatoms. The first-order valence-electron chi connectivity index (χ1n) is 10.9. The van der Waals surface area contributed by atoms with Gasteiger partial charge in [0.2, 0.25) is 11.8 Å². The Bertz CT molecular complexity index is 1100. The highest BCUT2D eigenvalue weighted by atomic mass is 32.2. The molecular formula is C23H26N6O4S. The molecule has 2 aliphatic rings. The lowest BCUT2D eigenvalue weighted by Gasteiger charge is -2.35. The van der Waals surface area contributed by atoms with Gasteiger partial charge in [-0.05, 0) is 44.1 Å². The molecule has 34 heavy (non-hydrogen) atoms. The maximum atomic E-state index is 12.8. The van der Waals surface area contributed by atoms with Crippen molar-refractivity contribution >= 4 is 40.8 Å². The number of carbonyl (C=O) groups is 3. The Balaban J connectivity index is 1.51. The van der Waals surface area contributed by atoms with Gasteiger partial charge in [0.25, 0.3) is 17.1 Å². The summed E-state index contributed by atoms with van der Waals surface area (Å²) >= 11 is 0.835. The molecule has 2 aliphatic heterocycles. The molecule has 1 aromatic carbocycles. The first kappa shape index (κ1) is 23.7. The molecule has 0 spiro atoms. The molecule has 2 aromatic rings. The van der Waals surface area contributed by atoms with Gasteiger partial charge in [-0.25, -0.2) is 4.98 Å². The number of benzene rings is 1. The minimum Gasteiger partial charge on any atom is -0.476 e. The first-order chi connectivity index (χ1) is 16.4. The van der Waals surface area contributed by atoms with E-state index in [0.717, 1.165) is 11.8 Å². The molecule has 0 atom stereocenters. The number of thioether (sulfide) groups is 1. The van der Waals surface area contributed by atoms with Crippen LogP contribution >= 0.6 is 11.8 Å². The molecule has 2 fully saturated rings. The second kappa shape index (κ2) is 10.7. The fraction of sp³-hybridized carbons (Fsp3) is 0.348. The Morgan fingerprint density at radius 3 is 2.53 bits per heavy atom. The van der Waals surface area contributed by atoms with Gasteiger partial charge in [0.15, 0.2) is 0 Å². The maximum Gasteiger partial charge on any atom is 0.290 e. The molecule has 178 valence electrons. The summed E-state index contributed by atoms with van der Waals surface area (Å²) in [4.78, 5) is 51.5. The predicted octanol–water partition coefficient (Wildman–Crippen LogP) is 1.70. The Morgan fingerprint density at radius 2 is 1.88 bits per heavy atom. The predicted molar refractivity (Wildman–Crippen MR) is 130 cm³/mol. The summed E-state index contributed by atoms with van der Waals surface area (Å²) in [6.45, 7) is 3.33. The summed E-state index contributed by atoms with van der Waals surface area (Å²) in [6, 6.07) is 10.9. The monoisotopic (exact) mass is 482 g/mol. The van der Waals surface area contributed by atoms with E-state index in [1.165, 1.54) is 0 Å². The first-order valence-corrected chi connectivity index (χ1v) is 11.7. The lowest BCUT2D eigenvalue weighted by Crippen LogP contribution is -2.49. The van der Waals surface area contributed by atoms with Gasteiger partial charge in [0.05, 0.1) is 10.6 Å². The van der Waals surface area contributed by atoms with Crippen molar-refractivity contribution in [3.8, 4) is 5.88 Å². The molecule has 0 radical (unpaired) electrons. The van der Waals surface area contributed by atoms with Gasteiger partial charge >= 0.3 is 0 Å². The third-order valence-electron chi connectivity index (χ3n) is 5.29. The van der Waals surface area contributed by atoms with Gasteiger partial charge in [0, 0.05) is 44.4 Å². The minimum absolute atomic E-state index is 0.00120. The fourth-order valence-corrected chi connectivity index (χ4v) is 4.15. The van der Waals surface area contributed by atoms with Crippen LogP contribution in [0.5, 0.6) is 5.88 Å². The summed E-state index contributed by atoms with van der Waals surface area (Å²) in [6.07, 6.45) is 1.56. The molecule has 1 aromatic heterocycles. The van der Waals surface area contributed by atoms with E-state index in [1.807, 2.05) is 59.1 Å². The largest absolute Gasteiger partial charge is 0.476 e. The van der Waals surface area contributed by atoms with Gasteiger partial charge in [0.1, 0.15) is 6.61 Å². The summed E-state index contributed by atoms with van der Waals surface area (Å²) in [5.41, 5.74) is 1.14. The molecular weight excluding hydrogens is 456 g/mol. The lowest BCUT2D eigenvalue weighted by atomic mass is 10.2. The highest BCUT2D eigenvalue weighted by Gasteiger charge is 2.27. The second-order valence-corrected chi connectivity index (χ2v) is 9.10. The number of amides is 3. The van der Waals surface area contributed by atoms with Crippen LogP contribution in [0.3, 0.4) is 0 Å². The molecule has 0 aliphatic carbocycles. The minimum atomic E-state index is -0.446. The molecule has 1 N–H and O–H groups in total. The molecule has 4 rings (SSSR count). The second-order valence-electron chi connectivity index (χ2n) is 8.08. The average molecular weight is 483 g/mol. The molecule has 2 saturated heterocycles. The molecule has 3 amide bonds. The van der Waals surface area contributed by atoms with Gasteiger partial charge < -0.3 is 19.4 Å². The van der Waals surface area contributed by atoms with E-state index in [2.05, 4.69) is 15.3 Å². The average Bonchev–Trinajstić information content (AvgIpc) is 3.15. The van der Waals surface area contributed by atoms with Crippen molar-refractivity contribution in [3.05, 3.63) is 52.6 Å². The van der Waals surface area contributed by atoms with Crippen molar-refractivity contribution in [2.45, 2.75) is 0 Å². The number of hydrogen-bond acceptors (Lipinski definition) is 9. The van der Waals surface area contributed by atoms with E-state index < -0.39 is 11.1 Å². The third kappa shape index (κ3) is 5.91. The van der Waals surface area contributed by atoms with Crippen molar-refractivity contribution in [1.29, 1.82) is 0 Å². The number of aromatic nitrogens is 2. The summed E-state index contributed by atoms with van der Waals surface area (Å²) < 4.78 is 5.83. The number of nitrogens with one attached hydrogen (secondary N) is 1. The zero-order valence-electron chi connectivity index (χ0n) is 19.1. The van der Waals surface area contributed by atoms with Crippen LogP contribution in [0, 0.1) is 0 Å². The molecule has 0 bridgehead atoms. The molecule has 3 heterocycles. The topological polar surface area (TPSA) is 108 Å². The Hall–Kier alpha value is -3.44. The van der Waals surface area contributed by atoms with E-state index in [4.69, 9.17) is 4.74 Å². The highest BCUT2D eigenvalue weighted by molar-refractivity contribution is 8.18. The quantitative estimate of drug-likeness (QED) is 0.590. The van der Waals surface area contributed by atoms with Crippen molar-refractivity contribution in [3.63, 3.8) is 0 Å². The standard InChI is InChI=1S/C23H26N6O4S/c1-27(2)12-13-33-19-15-17(14-18-20(30)26-23(32)34-18)24-22(25-19)29-10-8-28(9-11-29)21(31)16-6-4-3-5-7-16/h3-7,14-15H,8-13H2,1-2H3,(H,26,30,32)/b18-14+. The van der Waals surface area contributed by atoms with E-state index >= 15 is 0 Å². The van der Waals surface area contributed by atoms with Crippen molar-refractivity contribution in [2.24, 2.45) is 0 Å². The van der Waals surface area contributed by atoms with Crippen LogP contribution in [0.2, 0.25) is 0 Å². The molecule has 0 saturated carbocycles. The van der Waals surface area contributed by atoms with Crippen molar-refractivity contribution in [1.82, 2.24) is 25.1 Å². The molecule has 10 nitrogen and oxygen atoms in total. The normalized spacial score (nSPS) is 17.4. The Labute approximate surface area is 202 Å². The van der Waals surface area contributed by atoms with Crippen LogP contribution < -0.4 is 15.0 Å².